The van der Waals surface area contributed by atoms with Gasteiger partial charge < -0.3 is 4.74 Å². The second-order valence-corrected chi connectivity index (χ2v) is 7.69. The zero-order valence-corrected chi connectivity index (χ0v) is 14.0. The lowest BCUT2D eigenvalue weighted by Crippen LogP contribution is -2.34. The highest BCUT2D eigenvalue weighted by atomic mass is 79.9. The minimum Gasteiger partial charge on any atom is -0.456 e. The smallest absolute Gasteiger partial charge is 0.337 e. The number of carbonyl (C=O) groups is 1. The summed E-state index contributed by atoms with van der Waals surface area (Å²) in [5.41, 5.74) is 3.48. The number of esters is 1. The summed E-state index contributed by atoms with van der Waals surface area (Å²) in [5.74, 6) is 0.377. The monoisotopic (exact) mass is 381 g/mol. The number of fused-ring (bicyclic) bond motifs is 1. The minimum atomic E-state index is -0.298. The van der Waals surface area contributed by atoms with Crippen molar-refractivity contribution in [3.05, 3.63) is 45.3 Å². The molecule has 1 aromatic carbocycles. The molecule has 3 aliphatic rings. The van der Waals surface area contributed by atoms with Crippen LogP contribution in [0.15, 0.2) is 38.9 Å². The van der Waals surface area contributed by atoms with Gasteiger partial charge in [-0.1, -0.05) is 6.07 Å². The molecular weight excluding hydrogens is 369 g/mol. The molecule has 0 spiro atoms. The minimum absolute atomic E-state index is 0.0975. The van der Waals surface area contributed by atoms with Crippen LogP contribution >= 0.6 is 27.7 Å². The number of nitrogens with zero attached hydrogens (tertiary/aromatic N) is 1. The molecule has 0 radical (unpaired) electrons. The van der Waals surface area contributed by atoms with Gasteiger partial charge >= 0.3 is 5.97 Å². The average Bonchev–Trinajstić information content (AvgIpc) is 2.89. The van der Waals surface area contributed by atoms with Crippen molar-refractivity contribution in [2.75, 3.05) is 12.4 Å². The van der Waals surface area contributed by atoms with E-state index in [1.54, 1.807) is 12.1 Å². The summed E-state index contributed by atoms with van der Waals surface area (Å²) < 4.78 is 19.2. The van der Waals surface area contributed by atoms with Crippen molar-refractivity contribution in [1.82, 2.24) is 0 Å². The number of cyclic esters (lactones) is 1. The Morgan fingerprint density at radius 2 is 2.27 bits per heavy atom. The molecule has 1 fully saturated rings. The fraction of sp³-hybridized carbons (Fsp3) is 0.375. The Morgan fingerprint density at radius 3 is 3.09 bits per heavy atom. The largest absolute Gasteiger partial charge is 0.456 e. The Morgan fingerprint density at radius 1 is 1.41 bits per heavy atom. The van der Waals surface area contributed by atoms with Crippen LogP contribution in [0.1, 0.15) is 24.3 Å². The molecule has 1 aromatic rings. The number of aliphatic imine (C=N–C) groups is 1. The number of ether oxygens (including phenoxy) is 1. The van der Waals surface area contributed by atoms with Gasteiger partial charge in [-0.3, -0.25) is 4.99 Å². The molecule has 0 bridgehead atoms. The number of thioether (sulfide) groups is 1. The summed E-state index contributed by atoms with van der Waals surface area (Å²) >= 11 is 5.07. The first kappa shape index (κ1) is 14.5. The number of carbonyl (C=O) groups excluding carboxylic acids is 1. The van der Waals surface area contributed by atoms with Gasteiger partial charge in [-0.25, -0.2) is 9.18 Å². The van der Waals surface area contributed by atoms with Crippen LogP contribution in [0.5, 0.6) is 0 Å². The van der Waals surface area contributed by atoms with Crippen molar-refractivity contribution in [3.63, 3.8) is 0 Å². The van der Waals surface area contributed by atoms with Crippen LogP contribution in [0.2, 0.25) is 0 Å². The van der Waals surface area contributed by atoms with Gasteiger partial charge in [-0.2, -0.15) is 11.8 Å². The van der Waals surface area contributed by atoms with E-state index in [1.807, 2.05) is 11.8 Å². The Bertz CT molecular complexity index is 731. The van der Waals surface area contributed by atoms with Crippen molar-refractivity contribution in [3.8, 4) is 0 Å². The van der Waals surface area contributed by atoms with E-state index in [9.17, 15) is 9.18 Å². The zero-order valence-electron chi connectivity index (χ0n) is 11.6. The average molecular weight is 382 g/mol. The molecule has 3 heterocycles. The van der Waals surface area contributed by atoms with Gasteiger partial charge in [0.05, 0.1) is 21.0 Å². The highest BCUT2D eigenvalue weighted by Gasteiger charge is 2.43. The number of hydrogen-bond acceptors (Lipinski definition) is 4. The van der Waals surface area contributed by atoms with E-state index in [1.165, 1.54) is 6.07 Å². The number of benzene rings is 1. The molecule has 0 N–H and O–H groups in total. The van der Waals surface area contributed by atoms with Crippen LogP contribution in [-0.4, -0.2) is 29.3 Å². The summed E-state index contributed by atoms with van der Waals surface area (Å²) in [4.78, 5) is 16.8. The summed E-state index contributed by atoms with van der Waals surface area (Å²) in [6.07, 6.45) is 2.07. The predicted molar refractivity (Wildman–Crippen MR) is 87.7 cm³/mol. The maximum absolute atomic E-state index is 13.6. The molecule has 114 valence electrons. The summed E-state index contributed by atoms with van der Waals surface area (Å²) in [5, 5.41) is 0.149. The normalized spacial score (nSPS) is 27.2. The van der Waals surface area contributed by atoms with E-state index in [0.717, 1.165) is 35.6 Å². The van der Waals surface area contributed by atoms with Crippen molar-refractivity contribution in [2.45, 2.75) is 24.0 Å². The van der Waals surface area contributed by atoms with E-state index >= 15 is 0 Å². The molecule has 22 heavy (non-hydrogen) atoms. The molecule has 0 amide bonds. The molecule has 1 unspecified atom stereocenters. The first-order chi connectivity index (χ1) is 10.6. The molecule has 0 aromatic heterocycles. The van der Waals surface area contributed by atoms with Crippen molar-refractivity contribution < 1.29 is 13.9 Å². The van der Waals surface area contributed by atoms with Crippen molar-refractivity contribution in [2.24, 2.45) is 4.99 Å². The van der Waals surface area contributed by atoms with E-state index in [-0.39, 0.29) is 29.6 Å². The summed E-state index contributed by atoms with van der Waals surface area (Å²) in [6, 6.07) is 4.98. The molecule has 0 aliphatic carbocycles. The Balaban J connectivity index is 1.85. The number of halogens is 2. The second kappa shape index (κ2) is 5.49. The first-order valence-corrected chi connectivity index (χ1v) is 9.03. The van der Waals surface area contributed by atoms with Gasteiger partial charge in [-0.15, -0.1) is 0 Å². The lowest BCUT2D eigenvalue weighted by molar-refractivity contribution is -0.136. The second-order valence-electron chi connectivity index (χ2n) is 5.59. The molecule has 2 atom stereocenters. The zero-order chi connectivity index (χ0) is 15.3. The molecule has 0 saturated carbocycles. The predicted octanol–water partition coefficient (Wildman–Crippen LogP) is 3.83. The first-order valence-electron chi connectivity index (χ1n) is 7.19. The van der Waals surface area contributed by atoms with Gasteiger partial charge in [0.2, 0.25) is 0 Å². The van der Waals surface area contributed by atoms with Crippen molar-refractivity contribution >= 4 is 39.4 Å². The fourth-order valence-electron chi connectivity index (χ4n) is 3.29. The molecule has 6 heteroatoms. The van der Waals surface area contributed by atoms with E-state index in [0.29, 0.717) is 10.0 Å². The van der Waals surface area contributed by atoms with Crippen LogP contribution < -0.4 is 0 Å². The van der Waals surface area contributed by atoms with Crippen LogP contribution in [0.4, 0.5) is 4.39 Å². The number of hydrogen-bond donors (Lipinski definition) is 0. The van der Waals surface area contributed by atoms with Gasteiger partial charge in [0.1, 0.15) is 12.4 Å². The molecule has 3 nitrogen and oxygen atoms in total. The quantitative estimate of drug-likeness (QED) is 0.693. The summed E-state index contributed by atoms with van der Waals surface area (Å²) in [7, 11) is 0. The van der Waals surface area contributed by atoms with Crippen LogP contribution in [0.3, 0.4) is 0 Å². The van der Waals surface area contributed by atoms with Gasteiger partial charge in [-0.05, 0) is 52.2 Å². The Kier molecular flexibility index (Phi) is 3.61. The van der Waals surface area contributed by atoms with Gasteiger partial charge in [0.15, 0.2) is 0 Å². The van der Waals surface area contributed by atoms with Gasteiger partial charge in [0.25, 0.3) is 0 Å². The topological polar surface area (TPSA) is 38.7 Å². The SMILES string of the molecule is O=C1OCC2=C1[C@@H](c1ccc(F)c(Br)c1)C1SCCCC1=N2. The van der Waals surface area contributed by atoms with E-state index in [2.05, 4.69) is 20.9 Å². The molecule has 3 aliphatic heterocycles. The third-order valence-electron chi connectivity index (χ3n) is 4.27. The third kappa shape index (κ3) is 2.24. The van der Waals surface area contributed by atoms with Crippen LogP contribution in [0, 0.1) is 5.82 Å². The van der Waals surface area contributed by atoms with Gasteiger partial charge in [0, 0.05) is 11.6 Å². The van der Waals surface area contributed by atoms with E-state index in [4.69, 9.17) is 4.74 Å². The Labute approximate surface area is 140 Å². The molecule has 4 rings (SSSR count). The van der Waals surface area contributed by atoms with Crippen LogP contribution in [-0.2, 0) is 9.53 Å². The number of rotatable bonds is 1. The van der Waals surface area contributed by atoms with Crippen LogP contribution in [0.25, 0.3) is 0 Å². The highest BCUT2D eigenvalue weighted by molar-refractivity contribution is 9.10. The maximum atomic E-state index is 13.6. The lowest BCUT2D eigenvalue weighted by atomic mass is 9.82. The molecular formula is C16H13BrFNO2S. The fourth-order valence-corrected chi connectivity index (χ4v) is 5.10. The highest BCUT2D eigenvalue weighted by Crippen LogP contribution is 2.46. The molecule has 1 saturated heterocycles. The third-order valence-corrected chi connectivity index (χ3v) is 6.30. The van der Waals surface area contributed by atoms with Crippen molar-refractivity contribution in [1.29, 1.82) is 0 Å². The maximum Gasteiger partial charge on any atom is 0.337 e. The summed E-state index contributed by atoms with van der Waals surface area (Å²) in [6.45, 7) is 0.258. The standard InChI is InChI=1S/C16H13BrFNO2S/c17-9-6-8(3-4-10(9)18)13-14-12(7-21-16(14)20)19-11-2-1-5-22-15(11)13/h3-4,6,13,15H,1-2,5,7H2/t13-,15?/m1/s1. The Hall–Kier alpha value is -1.14. The lowest BCUT2D eigenvalue weighted by Gasteiger charge is -2.34. The van der Waals surface area contributed by atoms with E-state index < -0.39 is 0 Å².